The summed E-state index contributed by atoms with van der Waals surface area (Å²) in [4.78, 5) is -0.0354. The van der Waals surface area contributed by atoms with Crippen molar-refractivity contribution in [3.63, 3.8) is 0 Å². The van der Waals surface area contributed by atoms with Crippen LogP contribution < -0.4 is 10.0 Å². The molecule has 0 radical (unpaired) electrons. The highest BCUT2D eigenvalue weighted by molar-refractivity contribution is 7.92. The largest absolute Gasteiger partial charge is 0.398 e. The lowest BCUT2D eigenvalue weighted by Crippen LogP contribution is -2.31. The monoisotopic (exact) mass is 328 g/mol. The number of halogens is 2. The van der Waals surface area contributed by atoms with Crippen LogP contribution in [0.4, 0.5) is 15.8 Å². The first-order chi connectivity index (χ1) is 9.87. The minimum Gasteiger partial charge on any atom is -0.398 e. The first-order valence-corrected chi connectivity index (χ1v) is 8.02. The van der Waals surface area contributed by atoms with Crippen LogP contribution in [0.15, 0.2) is 47.4 Å². The lowest BCUT2D eigenvalue weighted by atomic mass is 10.3. The standard InChI is InChI=1S/C14H14ClFN2O2S/c1-2-18(14-6-4-3-5-12(14)16)21(19,20)10-7-8-13(17)11(15)9-10/h3-9H,2,17H2,1H3. The number of para-hydroxylation sites is 1. The molecule has 0 unspecified atom stereocenters. The Labute approximate surface area is 128 Å². The van der Waals surface area contributed by atoms with Crippen LogP contribution in [0.2, 0.25) is 5.02 Å². The van der Waals surface area contributed by atoms with Crippen molar-refractivity contribution in [3.05, 3.63) is 53.3 Å². The fraction of sp³-hybridized carbons (Fsp3) is 0.143. The maximum Gasteiger partial charge on any atom is 0.264 e. The van der Waals surface area contributed by atoms with E-state index in [0.29, 0.717) is 0 Å². The Balaban J connectivity index is 2.55. The molecule has 21 heavy (non-hydrogen) atoms. The molecule has 0 bridgehead atoms. The number of sulfonamides is 1. The zero-order chi connectivity index (χ0) is 15.6. The fourth-order valence-electron chi connectivity index (χ4n) is 1.92. The molecule has 4 nitrogen and oxygen atoms in total. The molecule has 0 spiro atoms. The van der Waals surface area contributed by atoms with E-state index < -0.39 is 15.8 Å². The molecule has 0 saturated heterocycles. The van der Waals surface area contributed by atoms with Crippen molar-refractivity contribution in [1.29, 1.82) is 0 Å². The number of anilines is 2. The zero-order valence-electron chi connectivity index (χ0n) is 11.3. The average Bonchev–Trinajstić information content (AvgIpc) is 2.44. The third-order valence-electron chi connectivity index (χ3n) is 2.97. The number of hydrogen-bond acceptors (Lipinski definition) is 3. The van der Waals surface area contributed by atoms with E-state index in [2.05, 4.69) is 0 Å². The second-order valence-corrected chi connectivity index (χ2v) is 6.57. The van der Waals surface area contributed by atoms with E-state index in [1.165, 1.54) is 36.4 Å². The van der Waals surface area contributed by atoms with Crippen molar-refractivity contribution in [1.82, 2.24) is 0 Å². The predicted octanol–water partition coefficient (Wildman–Crippen LogP) is 3.28. The lowest BCUT2D eigenvalue weighted by Gasteiger charge is -2.23. The van der Waals surface area contributed by atoms with Crippen molar-refractivity contribution >= 4 is 33.0 Å². The SMILES string of the molecule is CCN(c1ccccc1F)S(=O)(=O)c1ccc(N)c(Cl)c1. The van der Waals surface area contributed by atoms with E-state index in [1.54, 1.807) is 13.0 Å². The Bertz CT molecular complexity index is 765. The van der Waals surface area contributed by atoms with Crippen LogP contribution in [0.5, 0.6) is 0 Å². The molecule has 0 aliphatic heterocycles. The second kappa shape index (κ2) is 5.91. The lowest BCUT2D eigenvalue weighted by molar-refractivity contribution is 0.586. The molecule has 0 fully saturated rings. The molecule has 0 saturated carbocycles. The van der Waals surface area contributed by atoms with Crippen molar-refractivity contribution in [2.45, 2.75) is 11.8 Å². The third kappa shape index (κ3) is 2.96. The minimum atomic E-state index is -3.91. The summed E-state index contributed by atoms with van der Waals surface area (Å²) in [7, 11) is -3.91. The van der Waals surface area contributed by atoms with E-state index in [-0.39, 0.29) is 27.8 Å². The van der Waals surface area contributed by atoms with Gasteiger partial charge in [-0.2, -0.15) is 0 Å². The Hall–Kier alpha value is -1.79. The topological polar surface area (TPSA) is 63.4 Å². The molecular weight excluding hydrogens is 315 g/mol. The molecule has 0 atom stereocenters. The van der Waals surface area contributed by atoms with Crippen LogP contribution in [-0.2, 0) is 10.0 Å². The molecule has 2 N–H and O–H groups in total. The molecular formula is C14H14ClFN2O2S. The van der Waals surface area contributed by atoms with Crippen LogP contribution in [-0.4, -0.2) is 15.0 Å². The predicted molar refractivity (Wildman–Crippen MR) is 82.5 cm³/mol. The maximum atomic E-state index is 13.9. The quantitative estimate of drug-likeness (QED) is 0.876. The molecule has 0 amide bonds. The van der Waals surface area contributed by atoms with Gasteiger partial charge in [0.15, 0.2) is 0 Å². The molecule has 7 heteroatoms. The van der Waals surface area contributed by atoms with E-state index in [0.717, 1.165) is 4.31 Å². The first kappa shape index (κ1) is 15.6. The smallest absolute Gasteiger partial charge is 0.264 e. The molecule has 0 heterocycles. The summed E-state index contributed by atoms with van der Waals surface area (Å²) >= 11 is 5.86. The van der Waals surface area contributed by atoms with Crippen molar-refractivity contribution in [2.75, 3.05) is 16.6 Å². The summed E-state index contributed by atoms with van der Waals surface area (Å²) < 4.78 is 40.1. The Morgan fingerprint density at radius 1 is 1.24 bits per heavy atom. The van der Waals surface area contributed by atoms with Crippen LogP contribution in [0.25, 0.3) is 0 Å². The number of rotatable bonds is 4. The molecule has 2 aromatic rings. The summed E-state index contributed by atoms with van der Waals surface area (Å²) in [6.07, 6.45) is 0. The summed E-state index contributed by atoms with van der Waals surface area (Å²) in [5.74, 6) is -0.607. The van der Waals surface area contributed by atoms with E-state index in [4.69, 9.17) is 17.3 Å². The molecule has 2 aromatic carbocycles. The van der Waals surface area contributed by atoms with Gasteiger partial charge in [0.2, 0.25) is 0 Å². The van der Waals surface area contributed by atoms with E-state index in [1.807, 2.05) is 0 Å². The molecule has 0 aliphatic carbocycles. The second-order valence-electron chi connectivity index (χ2n) is 4.30. The van der Waals surface area contributed by atoms with Gasteiger partial charge in [-0.25, -0.2) is 12.8 Å². The van der Waals surface area contributed by atoms with Crippen molar-refractivity contribution < 1.29 is 12.8 Å². The molecule has 0 aromatic heterocycles. The van der Waals surface area contributed by atoms with Crippen LogP contribution in [0.3, 0.4) is 0 Å². The van der Waals surface area contributed by atoms with Crippen LogP contribution in [0.1, 0.15) is 6.92 Å². The third-order valence-corrected chi connectivity index (χ3v) is 5.18. The number of benzene rings is 2. The van der Waals surface area contributed by atoms with Gasteiger partial charge in [0, 0.05) is 6.54 Å². The average molecular weight is 329 g/mol. The van der Waals surface area contributed by atoms with Gasteiger partial charge >= 0.3 is 0 Å². The summed E-state index contributed by atoms with van der Waals surface area (Å²) in [6, 6.07) is 9.71. The number of nitrogens with zero attached hydrogens (tertiary/aromatic N) is 1. The number of hydrogen-bond donors (Lipinski definition) is 1. The van der Waals surface area contributed by atoms with E-state index in [9.17, 15) is 12.8 Å². The van der Waals surface area contributed by atoms with Crippen LogP contribution in [0, 0.1) is 5.82 Å². The number of nitrogen functional groups attached to an aromatic ring is 1. The zero-order valence-corrected chi connectivity index (χ0v) is 12.8. The Morgan fingerprint density at radius 3 is 2.48 bits per heavy atom. The highest BCUT2D eigenvalue weighted by Crippen LogP contribution is 2.29. The van der Waals surface area contributed by atoms with Gasteiger partial charge in [0.25, 0.3) is 10.0 Å². The van der Waals surface area contributed by atoms with Crippen LogP contribution >= 0.6 is 11.6 Å². The van der Waals surface area contributed by atoms with Gasteiger partial charge in [-0.15, -0.1) is 0 Å². The highest BCUT2D eigenvalue weighted by atomic mass is 35.5. The van der Waals surface area contributed by atoms with Gasteiger partial charge < -0.3 is 5.73 Å². The Kier molecular flexibility index (Phi) is 4.39. The molecule has 112 valence electrons. The summed E-state index contributed by atoms with van der Waals surface area (Å²) in [5.41, 5.74) is 5.85. The molecule has 0 aliphatic rings. The first-order valence-electron chi connectivity index (χ1n) is 6.20. The van der Waals surface area contributed by atoms with Gasteiger partial charge in [0.05, 0.1) is 21.3 Å². The van der Waals surface area contributed by atoms with Gasteiger partial charge in [-0.1, -0.05) is 23.7 Å². The van der Waals surface area contributed by atoms with Gasteiger partial charge in [-0.05, 0) is 37.3 Å². The molecule has 2 rings (SSSR count). The Morgan fingerprint density at radius 2 is 1.90 bits per heavy atom. The summed E-state index contributed by atoms with van der Waals surface area (Å²) in [6.45, 7) is 1.72. The fourth-order valence-corrected chi connectivity index (χ4v) is 3.67. The van der Waals surface area contributed by atoms with E-state index >= 15 is 0 Å². The van der Waals surface area contributed by atoms with Gasteiger partial charge in [-0.3, -0.25) is 4.31 Å². The number of nitrogens with two attached hydrogens (primary N) is 1. The summed E-state index contributed by atoms with van der Waals surface area (Å²) in [5, 5.41) is 0.140. The van der Waals surface area contributed by atoms with Crippen molar-refractivity contribution in [3.8, 4) is 0 Å². The minimum absolute atomic E-state index is 0.00653. The van der Waals surface area contributed by atoms with Gasteiger partial charge in [0.1, 0.15) is 5.82 Å². The highest BCUT2D eigenvalue weighted by Gasteiger charge is 2.26. The normalized spacial score (nSPS) is 11.4. The maximum absolute atomic E-state index is 13.9. The van der Waals surface area contributed by atoms with Crippen molar-refractivity contribution in [2.24, 2.45) is 0 Å².